The van der Waals surface area contributed by atoms with E-state index in [9.17, 15) is 9.90 Å². The summed E-state index contributed by atoms with van der Waals surface area (Å²) in [6.07, 6.45) is 0. The van der Waals surface area contributed by atoms with Gasteiger partial charge in [-0.1, -0.05) is 78.3 Å². The highest BCUT2D eigenvalue weighted by Crippen LogP contribution is 2.39. The third-order valence-corrected chi connectivity index (χ3v) is 6.03. The molecule has 0 saturated carbocycles. The van der Waals surface area contributed by atoms with Crippen LogP contribution in [-0.2, 0) is 6.54 Å². The molecule has 0 aliphatic heterocycles. The molecule has 0 bridgehead atoms. The molecule has 0 saturated heterocycles. The molecule has 0 radical (unpaired) electrons. The summed E-state index contributed by atoms with van der Waals surface area (Å²) in [5.74, 6) is -0.610. The van der Waals surface area contributed by atoms with Gasteiger partial charge in [-0.2, -0.15) is 0 Å². The van der Waals surface area contributed by atoms with Crippen LogP contribution in [0.1, 0.15) is 21.5 Å². The number of hydrogen-bond donors (Lipinski definition) is 1. The highest BCUT2D eigenvalue weighted by molar-refractivity contribution is 6.33. The molecule has 0 unspecified atom stereocenters. The Morgan fingerprint density at radius 3 is 2.48 bits per heavy atom. The Bertz CT molecular complexity index is 1550. The summed E-state index contributed by atoms with van der Waals surface area (Å²) in [6.45, 7) is 2.34. The van der Waals surface area contributed by atoms with Gasteiger partial charge in [0, 0.05) is 5.39 Å². The Kier molecular flexibility index (Phi) is 5.40. The lowest BCUT2D eigenvalue weighted by Crippen LogP contribution is -1.99. The number of carbonyl (C=O) groups excluding carboxylic acids is 1. The minimum Gasteiger partial charge on any atom is -0.493 e. The highest BCUT2D eigenvalue weighted by atomic mass is 35.5. The van der Waals surface area contributed by atoms with E-state index in [2.05, 4.69) is 28.4 Å². The van der Waals surface area contributed by atoms with E-state index in [0.717, 1.165) is 27.4 Å². The van der Waals surface area contributed by atoms with E-state index in [1.807, 2.05) is 55.5 Å². The van der Waals surface area contributed by atoms with Gasteiger partial charge in [-0.15, -0.1) is 10.2 Å². The Morgan fingerprint density at radius 2 is 1.67 bits per heavy atom. The van der Waals surface area contributed by atoms with Crippen molar-refractivity contribution in [2.45, 2.75) is 13.5 Å². The molecule has 0 atom stereocenters. The van der Waals surface area contributed by atoms with Crippen LogP contribution in [0.25, 0.3) is 21.7 Å². The van der Waals surface area contributed by atoms with E-state index >= 15 is 0 Å². The topological polar surface area (TPSA) is 66.9 Å². The van der Waals surface area contributed by atoms with Crippen molar-refractivity contribution in [1.82, 2.24) is 4.57 Å². The predicted molar refractivity (Wildman–Crippen MR) is 132 cm³/mol. The zero-order valence-corrected chi connectivity index (χ0v) is 18.6. The number of halogens is 1. The second-order valence-electron chi connectivity index (χ2n) is 7.90. The number of hydrogen-bond acceptors (Lipinski definition) is 3. The predicted octanol–water partition coefficient (Wildman–Crippen LogP) is 7.43. The summed E-state index contributed by atoms with van der Waals surface area (Å²) in [6, 6.07) is 26.9. The van der Waals surface area contributed by atoms with Crippen molar-refractivity contribution in [3.63, 3.8) is 0 Å². The summed E-state index contributed by atoms with van der Waals surface area (Å²) in [5, 5.41) is 22.4. The number of aromatic hydroxyl groups is 1. The molecule has 4 aromatic carbocycles. The van der Waals surface area contributed by atoms with Crippen molar-refractivity contribution in [1.29, 1.82) is 0 Å². The molecule has 1 N–H and O–H groups in total. The highest BCUT2D eigenvalue weighted by Gasteiger charge is 2.18. The number of benzene rings is 4. The van der Waals surface area contributed by atoms with Gasteiger partial charge in [0.2, 0.25) is 5.88 Å². The molecular weight excluding hydrogens is 434 g/mol. The van der Waals surface area contributed by atoms with Gasteiger partial charge in [0.25, 0.3) is 5.91 Å². The monoisotopic (exact) mass is 453 g/mol. The number of para-hydroxylation sites is 1. The molecular formula is C27H20ClN3O2. The molecule has 0 spiro atoms. The molecule has 33 heavy (non-hydrogen) atoms. The standard InChI is InChI=1S/C27H20ClN3O2/c1-17-13-14-21(23(28)15-17)26(32)30-29-25-22-11-4-5-12-24(22)31(27(25)33)16-19-9-6-8-18-7-2-3-10-20(18)19/h2-15,33H,16H2,1H3. The first kappa shape index (κ1) is 20.9. The van der Waals surface area contributed by atoms with Crippen LogP contribution in [0.15, 0.2) is 95.2 Å². The van der Waals surface area contributed by atoms with Crippen molar-refractivity contribution in [2.75, 3.05) is 0 Å². The van der Waals surface area contributed by atoms with Crippen LogP contribution in [0.2, 0.25) is 5.02 Å². The largest absolute Gasteiger partial charge is 0.493 e. The van der Waals surface area contributed by atoms with Gasteiger partial charge in [0.05, 0.1) is 22.6 Å². The van der Waals surface area contributed by atoms with E-state index < -0.39 is 5.91 Å². The van der Waals surface area contributed by atoms with E-state index in [-0.39, 0.29) is 17.1 Å². The summed E-state index contributed by atoms with van der Waals surface area (Å²) in [5.41, 5.74) is 3.34. The van der Waals surface area contributed by atoms with Crippen molar-refractivity contribution in [2.24, 2.45) is 10.2 Å². The zero-order valence-electron chi connectivity index (χ0n) is 17.9. The lowest BCUT2D eigenvalue weighted by atomic mass is 10.0. The normalized spacial score (nSPS) is 11.6. The Morgan fingerprint density at radius 1 is 0.939 bits per heavy atom. The summed E-state index contributed by atoms with van der Waals surface area (Å²) in [4.78, 5) is 12.6. The van der Waals surface area contributed by atoms with Crippen molar-refractivity contribution >= 4 is 44.9 Å². The van der Waals surface area contributed by atoms with Crippen LogP contribution in [0.4, 0.5) is 5.69 Å². The number of carbonyl (C=O) groups is 1. The molecule has 0 fully saturated rings. The molecule has 1 aromatic heterocycles. The molecule has 5 rings (SSSR count). The smallest absolute Gasteiger partial charge is 0.296 e. The van der Waals surface area contributed by atoms with Crippen molar-refractivity contribution in [3.05, 3.63) is 107 Å². The van der Waals surface area contributed by atoms with Crippen LogP contribution in [0.5, 0.6) is 5.88 Å². The molecule has 1 heterocycles. The maximum absolute atomic E-state index is 12.6. The fourth-order valence-corrected chi connectivity index (χ4v) is 4.39. The van der Waals surface area contributed by atoms with E-state index in [0.29, 0.717) is 17.0 Å². The summed E-state index contributed by atoms with van der Waals surface area (Å²) >= 11 is 6.20. The van der Waals surface area contributed by atoms with Gasteiger partial charge in [-0.05, 0) is 47.0 Å². The summed E-state index contributed by atoms with van der Waals surface area (Å²) < 4.78 is 1.79. The molecule has 1 amide bonds. The number of aryl methyl sites for hydroxylation is 1. The minimum absolute atomic E-state index is 0.0457. The quantitative estimate of drug-likeness (QED) is 0.287. The van der Waals surface area contributed by atoms with Gasteiger partial charge in [0.1, 0.15) is 0 Å². The molecule has 6 heteroatoms. The van der Waals surface area contributed by atoms with Crippen LogP contribution < -0.4 is 0 Å². The van der Waals surface area contributed by atoms with Crippen LogP contribution in [-0.4, -0.2) is 15.6 Å². The third-order valence-electron chi connectivity index (χ3n) is 5.72. The van der Waals surface area contributed by atoms with E-state index in [1.54, 1.807) is 22.8 Å². The molecule has 162 valence electrons. The Labute approximate surface area is 195 Å². The van der Waals surface area contributed by atoms with E-state index in [4.69, 9.17) is 11.6 Å². The number of rotatable bonds is 4. The molecule has 5 nitrogen and oxygen atoms in total. The minimum atomic E-state index is -0.565. The summed E-state index contributed by atoms with van der Waals surface area (Å²) in [7, 11) is 0. The second-order valence-corrected chi connectivity index (χ2v) is 8.31. The SMILES string of the molecule is Cc1ccc(C(=O)N=Nc2c(O)n(Cc3cccc4ccccc34)c3ccccc23)c(Cl)c1. The zero-order chi connectivity index (χ0) is 22.9. The molecule has 5 aromatic rings. The van der Waals surface area contributed by atoms with Crippen molar-refractivity contribution < 1.29 is 9.90 Å². The Hall–Kier alpha value is -3.96. The maximum atomic E-state index is 12.6. The maximum Gasteiger partial charge on any atom is 0.296 e. The number of azo groups is 1. The van der Waals surface area contributed by atoms with Gasteiger partial charge in [-0.25, -0.2) is 0 Å². The van der Waals surface area contributed by atoms with Crippen LogP contribution in [0.3, 0.4) is 0 Å². The van der Waals surface area contributed by atoms with Crippen molar-refractivity contribution in [3.8, 4) is 5.88 Å². The average Bonchev–Trinajstić information content (AvgIpc) is 3.08. The molecule has 0 aliphatic rings. The molecule has 0 aliphatic carbocycles. The first-order valence-electron chi connectivity index (χ1n) is 10.5. The lowest BCUT2D eigenvalue weighted by molar-refractivity contribution is 0.0995. The van der Waals surface area contributed by atoms with E-state index in [1.165, 1.54) is 0 Å². The number of aromatic nitrogens is 1. The van der Waals surface area contributed by atoms with Gasteiger partial charge in [0.15, 0.2) is 5.69 Å². The second kappa shape index (κ2) is 8.52. The number of amides is 1. The first-order valence-corrected chi connectivity index (χ1v) is 10.9. The van der Waals surface area contributed by atoms with Crippen LogP contribution in [0, 0.1) is 6.92 Å². The first-order chi connectivity index (χ1) is 16.0. The fraction of sp³-hybridized carbons (Fsp3) is 0.0741. The van der Waals surface area contributed by atoms with Gasteiger partial charge >= 0.3 is 0 Å². The average molecular weight is 454 g/mol. The fourth-order valence-electron chi connectivity index (χ4n) is 4.07. The van der Waals surface area contributed by atoms with Gasteiger partial charge < -0.3 is 9.67 Å². The Balaban J connectivity index is 1.56. The van der Waals surface area contributed by atoms with Crippen LogP contribution >= 0.6 is 11.6 Å². The van der Waals surface area contributed by atoms with Gasteiger partial charge in [-0.3, -0.25) is 4.79 Å². The number of fused-ring (bicyclic) bond motifs is 2. The third kappa shape index (κ3) is 3.88. The lowest BCUT2D eigenvalue weighted by Gasteiger charge is -2.10. The number of nitrogens with zero attached hydrogens (tertiary/aromatic N) is 3.